The fraction of sp³-hybridized carbons (Fsp3) is 0.179. The molecular formula is C28H24FN3O4. The molecule has 1 aromatic heterocycles. The first-order valence-electron chi connectivity index (χ1n) is 11.4. The van der Waals surface area contributed by atoms with Crippen molar-refractivity contribution < 1.29 is 23.5 Å². The second-order valence-corrected chi connectivity index (χ2v) is 8.56. The van der Waals surface area contributed by atoms with Gasteiger partial charge < -0.3 is 19.7 Å². The number of hydrogen-bond acceptors (Lipinski definition) is 5. The van der Waals surface area contributed by atoms with E-state index in [4.69, 9.17) is 9.47 Å². The van der Waals surface area contributed by atoms with Gasteiger partial charge in [-0.05, 0) is 35.9 Å². The molecule has 7 nitrogen and oxygen atoms in total. The molecule has 2 amide bonds. The van der Waals surface area contributed by atoms with Gasteiger partial charge in [-0.2, -0.15) is 0 Å². The quantitative estimate of drug-likeness (QED) is 0.433. The van der Waals surface area contributed by atoms with E-state index in [9.17, 15) is 9.59 Å². The van der Waals surface area contributed by atoms with Crippen molar-refractivity contribution in [3.8, 4) is 11.5 Å². The van der Waals surface area contributed by atoms with Crippen LogP contribution in [-0.2, 0) is 4.79 Å². The number of fused-ring (bicyclic) bond motifs is 2. The van der Waals surface area contributed by atoms with Crippen LogP contribution in [0, 0.1) is 5.82 Å². The molecule has 8 heteroatoms. The number of ether oxygens (including phenoxy) is 2. The first-order chi connectivity index (χ1) is 17.4. The molecule has 36 heavy (non-hydrogen) atoms. The molecule has 0 bridgehead atoms. The molecule has 4 aromatic rings. The summed E-state index contributed by atoms with van der Waals surface area (Å²) in [6, 6.07) is 17.8. The zero-order valence-electron chi connectivity index (χ0n) is 20.0. The summed E-state index contributed by atoms with van der Waals surface area (Å²) in [6.07, 6.45) is 1.57. The molecule has 1 aliphatic rings. The Morgan fingerprint density at radius 2 is 1.67 bits per heavy atom. The second kappa shape index (κ2) is 9.30. The lowest BCUT2D eigenvalue weighted by Gasteiger charge is -2.40. The fourth-order valence-electron chi connectivity index (χ4n) is 4.79. The highest BCUT2D eigenvalue weighted by atomic mass is 19.1. The summed E-state index contributed by atoms with van der Waals surface area (Å²) in [5.41, 5.74) is 2.25. The van der Waals surface area contributed by atoms with Crippen LogP contribution in [0.1, 0.15) is 33.4 Å². The fourth-order valence-corrected chi connectivity index (χ4v) is 4.79. The van der Waals surface area contributed by atoms with Gasteiger partial charge in [0.2, 0.25) is 5.91 Å². The number of nitrogens with one attached hydrogen (secondary N) is 1. The van der Waals surface area contributed by atoms with E-state index >= 15 is 4.39 Å². The molecule has 1 aliphatic heterocycles. The number of nitrogens with zero attached hydrogens (tertiary/aromatic N) is 2. The summed E-state index contributed by atoms with van der Waals surface area (Å²) in [4.78, 5) is 33.1. The maximum absolute atomic E-state index is 15.0. The van der Waals surface area contributed by atoms with Gasteiger partial charge in [0, 0.05) is 23.6 Å². The number of benzene rings is 3. The SMILES string of the molecule is COc1cc2c(cc1OC)[C@H](C(=O)Nc1cnc3ccccc3c1)[C@H](c1ccccc1F)N(C)C2=O. The summed E-state index contributed by atoms with van der Waals surface area (Å²) < 4.78 is 25.9. The van der Waals surface area contributed by atoms with E-state index < -0.39 is 23.7 Å². The number of carbonyl (C=O) groups excluding carboxylic acids is 2. The molecule has 0 fully saturated rings. The summed E-state index contributed by atoms with van der Waals surface area (Å²) in [5, 5.41) is 3.80. The maximum Gasteiger partial charge on any atom is 0.254 e. The Kier molecular flexibility index (Phi) is 6.01. The summed E-state index contributed by atoms with van der Waals surface area (Å²) in [5.74, 6) is -1.47. The Labute approximate surface area is 207 Å². The van der Waals surface area contributed by atoms with Gasteiger partial charge in [0.15, 0.2) is 11.5 Å². The summed E-state index contributed by atoms with van der Waals surface area (Å²) in [7, 11) is 4.52. The minimum atomic E-state index is -0.939. The van der Waals surface area contributed by atoms with Crippen molar-refractivity contribution in [3.05, 3.63) is 95.4 Å². The van der Waals surface area contributed by atoms with Crippen molar-refractivity contribution in [1.82, 2.24) is 9.88 Å². The van der Waals surface area contributed by atoms with E-state index in [1.165, 1.54) is 25.2 Å². The van der Waals surface area contributed by atoms with Gasteiger partial charge in [0.05, 0.1) is 43.6 Å². The van der Waals surface area contributed by atoms with E-state index in [1.807, 2.05) is 30.3 Å². The number of amides is 2. The zero-order chi connectivity index (χ0) is 25.4. The molecule has 0 aliphatic carbocycles. The minimum absolute atomic E-state index is 0.241. The number of halogens is 1. The van der Waals surface area contributed by atoms with Crippen molar-refractivity contribution in [3.63, 3.8) is 0 Å². The molecule has 3 aromatic carbocycles. The number of anilines is 1. The topological polar surface area (TPSA) is 80.8 Å². The van der Waals surface area contributed by atoms with Gasteiger partial charge in [-0.1, -0.05) is 36.4 Å². The van der Waals surface area contributed by atoms with Crippen LogP contribution in [0.2, 0.25) is 0 Å². The van der Waals surface area contributed by atoms with Crippen molar-refractivity contribution in [1.29, 1.82) is 0 Å². The zero-order valence-corrected chi connectivity index (χ0v) is 20.0. The second-order valence-electron chi connectivity index (χ2n) is 8.56. The molecule has 1 N–H and O–H groups in total. The number of methoxy groups -OCH3 is 2. The average Bonchev–Trinajstić information content (AvgIpc) is 2.90. The Bertz CT molecular complexity index is 1490. The smallest absolute Gasteiger partial charge is 0.254 e. The van der Waals surface area contributed by atoms with E-state index in [2.05, 4.69) is 10.3 Å². The first kappa shape index (κ1) is 23.3. The lowest BCUT2D eigenvalue weighted by atomic mass is 9.79. The van der Waals surface area contributed by atoms with Crippen LogP contribution >= 0.6 is 0 Å². The van der Waals surface area contributed by atoms with Crippen molar-refractivity contribution in [2.24, 2.45) is 0 Å². The summed E-state index contributed by atoms with van der Waals surface area (Å²) >= 11 is 0. The normalized spacial score (nSPS) is 17.0. The number of likely N-dealkylation sites (N-methyl/N-ethyl adjacent to an activating group) is 1. The molecule has 0 saturated carbocycles. The number of carbonyl (C=O) groups is 2. The van der Waals surface area contributed by atoms with Crippen molar-refractivity contribution >= 4 is 28.4 Å². The minimum Gasteiger partial charge on any atom is -0.493 e. The Hall–Kier alpha value is -4.46. The third-order valence-electron chi connectivity index (χ3n) is 6.54. The lowest BCUT2D eigenvalue weighted by molar-refractivity contribution is -0.119. The van der Waals surface area contributed by atoms with E-state index in [0.29, 0.717) is 28.3 Å². The highest BCUT2D eigenvalue weighted by Crippen LogP contribution is 2.46. The third kappa shape index (κ3) is 3.90. The monoisotopic (exact) mass is 485 g/mol. The Morgan fingerprint density at radius 1 is 0.972 bits per heavy atom. The number of para-hydroxylation sites is 1. The van der Waals surface area contributed by atoms with Crippen LogP contribution in [0.25, 0.3) is 10.9 Å². The van der Waals surface area contributed by atoms with Crippen LogP contribution in [0.4, 0.5) is 10.1 Å². The molecule has 0 spiro atoms. The largest absolute Gasteiger partial charge is 0.493 e. The average molecular weight is 486 g/mol. The maximum atomic E-state index is 15.0. The molecular weight excluding hydrogens is 461 g/mol. The van der Waals surface area contributed by atoms with E-state index in [-0.39, 0.29) is 11.5 Å². The van der Waals surface area contributed by atoms with Crippen LogP contribution in [-0.4, -0.2) is 43.0 Å². The highest BCUT2D eigenvalue weighted by molar-refractivity contribution is 6.05. The van der Waals surface area contributed by atoms with Crippen LogP contribution in [0.5, 0.6) is 11.5 Å². The number of pyridine rings is 1. The number of aromatic nitrogens is 1. The van der Waals surface area contributed by atoms with Crippen LogP contribution in [0.3, 0.4) is 0 Å². The number of rotatable bonds is 5. The van der Waals surface area contributed by atoms with Crippen molar-refractivity contribution in [2.45, 2.75) is 12.0 Å². The van der Waals surface area contributed by atoms with Gasteiger partial charge >= 0.3 is 0 Å². The van der Waals surface area contributed by atoms with E-state index in [1.54, 1.807) is 43.6 Å². The summed E-state index contributed by atoms with van der Waals surface area (Å²) in [6.45, 7) is 0. The van der Waals surface area contributed by atoms with Gasteiger partial charge in [0.1, 0.15) is 5.82 Å². The third-order valence-corrected chi connectivity index (χ3v) is 6.54. The Balaban J connectivity index is 1.65. The van der Waals surface area contributed by atoms with Crippen LogP contribution < -0.4 is 14.8 Å². The van der Waals surface area contributed by atoms with Gasteiger partial charge in [-0.25, -0.2) is 4.39 Å². The molecule has 0 unspecified atom stereocenters. The predicted octanol–water partition coefficient (Wildman–Crippen LogP) is 4.94. The van der Waals surface area contributed by atoms with E-state index in [0.717, 1.165) is 10.9 Å². The predicted molar refractivity (Wildman–Crippen MR) is 134 cm³/mol. The van der Waals surface area contributed by atoms with Crippen LogP contribution in [0.15, 0.2) is 72.9 Å². The molecule has 0 radical (unpaired) electrons. The molecule has 2 atom stereocenters. The van der Waals surface area contributed by atoms with Gasteiger partial charge in [-0.3, -0.25) is 14.6 Å². The van der Waals surface area contributed by atoms with Gasteiger partial charge in [0.25, 0.3) is 5.91 Å². The molecule has 182 valence electrons. The molecule has 0 saturated heterocycles. The molecule has 5 rings (SSSR count). The number of hydrogen-bond donors (Lipinski definition) is 1. The first-order valence-corrected chi connectivity index (χ1v) is 11.4. The Morgan fingerprint density at radius 3 is 2.42 bits per heavy atom. The standard InChI is InChI=1S/C28H24FN3O4/c1-32-26(18-9-5-6-10-21(18)29)25(19-13-23(35-2)24(36-3)14-20(19)28(32)34)27(33)31-17-12-16-8-4-7-11-22(16)30-15-17/h4-15,25-26H,1-3H3,(H,31,33)/t25-,26-/m0/s1. The van der Waals surface area contributed by atoms with Gasteiger partial charge in [-0.15, -0.1) is 0 Å². The highest BCUT2D eigenvalue weighted by Gasteiger charge is 2.44. The van der Waals surface area contributed by atoms with Crippen molar-refractivity contribution in [2.75, 3.05) is 26.6 Å². The lowest BCUT2D eigenvalue weighted by Crippen LogP contribution is -2.44. The molecule has 2 heterocycles.